The van der Waals surface area contributed by atoms with Crippen molar-refractivity contribution in [2.75, 3.05) is 18.9 Å². The highest BCUT2D eigenvalue weighted by Crippen LogP contribution is 2.39. The van der Waals surface area contributed by atoms with E-state index in [1.165, 1.54) is 30.1 Å². The summed E-state index contributed by atoms with van der Waals surface area (Å²) < 4.78 is 76.5. The van der Waals surface area contributed by atoms with Crippen LogP contribution in [-0.2, 0) is 45.1 Å². The van der Waals surface area contributed by atoms with E-state index in [2.05, 4.69) is 10.6 Å². The number of hydrogen-bond donors (Lipinski definition) is 2. The number of ether oxygens (including phenoxy) is 1. The number of imide groups is 1. The standard InChI is InChI=1S/C32H29F5N4O5/c1-30(32(35,36)37,46-18-19-6-4-3-5-7-19)28(44)41(16-20-10-23(33)13-24(34)11-20)17-26(42)38-25-9-8-21-14-31(15-22(21)12-25)27(43)39-29(45)40(31)2/h3-13H,14-18H2,1-2H3,(H,38,42)(H,39,43,45)/t30-,31-/m0/s1. The first-order chi connectivity index (χ1) is 21.6. The molecule has 3 aromatic carbocycles. The molecular formula is C32H29F5N4O5. The van der Waals surface area contributed by atoms with Crippen LogP contribution in [0.15, 0.2) is 66.7 Å². The van der Waals surface area contributed by atoms with Gasteiger partial charge in [0.15, 0.2) is 0 Å². The van der Waals surface area contributed by atoms with Crippen molar-refractivity contribution >= 4 is 29.4 Å². The van der Waals surface area contributed by atoms with E-state index in [9.17, 15) is 41.1 Å². The highest BCUT2D eigenvalue weighted by atomic mass is 19.4. The van der Waals surface area contributed by atoms with Crippen LogP contribution >= 0.6 is 0 Å². The van der Waals surface area contributed by atoms with Gasteiger partial charge in [0.2, 0.25) is 11.5 Å². The highest BCUT2D eigenvalue weighted by Gasteiger charge is 2.60. The minimum absolute atomic E-state index is 0.165. The van der Waals surface area contributed by atoms with E-state index in [1.54, 1.807) is 30.3 Å². The largest absolute Gasteiger partial charge is 0.426 e. The van der Waals surface area contributed by atoms with Crippen molar-refractivity contribution in [2.45, 2.75) is 50.2 Å². The van der Waals surface area contributed by atoms with Crippen LogP contribution in [0.5, 0.6) is 0 Å². The molecule has 1 aliphatic heterocycles. The monoisotopic (exact) mass is 644 g/mol. The molecule has 1 aliphatic carbocycles. The molecule has 3 aromatic rings. The molecular weight excluding hydrogens is 615 g/mol. The molecule has 46 heavy (non-hydrogen) atoms. The molecule has 0 radical (unpaired) electrons. The summed E-state index contributed by atoms with van der Waals surface area (Å²) in [5, 5.41) is 4.82. The predicted octanol–water partition coefficient (Wildman–Crippen LogP) is 4.49. The Morgan fingerprint density at radius 1 is 0.957 bits per heavy atom. The third kappa shape index (κ3) is 6.29. The highest BCUT2D eigenvalue weighted by molar-refractivity contribution is 6.07. The molecule has 14 heteroatoms. The number of carbonyl (C=O) groups is 4. The van der Waals surface area contributed by atoms with E-state index < -0.39 is 72.4 Å². The molecule has 0 unspecified atom stereocenters. The molecule has 9 nitrogen and oxygen atoms in total. The Hall–Kier alpha value is -4.85. The smallest absolute Gasteiger partial charge is 0.352 e. The van der Waals surface area contributed by atoms with Crippen LogP contribution < -0.4 is 10.6 Å². The van der Waals surface area contributed by atoms with Gasteiger partial charge in [-0.3, -0.25) is 19.7 Å². The number of halogens is 5. The molecule has 0 saturated carbocycles. The Balaban J connectivity index is 1.38. The number of carbonyl (C=O) groups excluding carboxylic acids is 4. The van der Waals surface area contributed by atoms with Crippen molar-refractivity contribution in [3.63, 3.8) is 0 Å². The topological polar surface area (TPSA) is 108 Å². The average Bonchev–Trinajstić information content (AvgIpc) is 3.46. The first-order valence-corrected chi connectivity index (χ1v) is 14.1. The summed E-state index contributed by atoms with van der Waals surface area (Å²) >= 11 is 0. The van der Waals surface area contributed by atoms with Crippen LogP contribution in [0, 0.1) is 11.6 Å². The van der Waals surface area contributed by atoms with Gasteiger partial charge in [0.05, 0.1) is 6.61 Å². The number of likely N-dealkylation sites (N-methyl/N-ethyl adjacent to an activating group) is 1. The summed E-state index contributed by atoms with van der Waals surface area (Å²) in [6.45, 7) is -1.74. The van der Waals surface area contributed by atoms with Gasteiger partial charge in [0.25, 0.3) is 11.8 Å². The van der Waals surface area contributed by atoms with Crippen molar-refractivity contribution in [1.82, 2.24) is 15.1 Å². The maximum Gasteiger partial charge on any atom is 0.426 e. The molecule has 2 aliphatic rings. The summed E-state index contributed by atoms with van der Waals surface area (Å²) in [6.07, 6.45) is -4.83. The van der Waals surface area contributed by atoms with Gasteiger partial charge in [-0.2, -0.15) is 13.2 Å². The summed E-state index contributed by atoms with van der Waals surface area (Å²) in [5.41, 5.74) is -2.74. The van der Waals surface area contributed by atoms with Crippen molar-refractivity contribution < 1.29 is 45.9 Å². The van der Waals surface area contributed by atoms with Gasteiger partial charge in [-0.15, -0.1) is 0 Å². The van der Waals surface area contributed by atoms with Gasteiger partial charge in [-0.05, 0) is 53.4 Å². The van der Waals surface area contributed by atoms with E-state index >= 15 is 0 Å². The Bertz CT molecular complexity index is 1680. The molecule has 1 saturated heterocycles. The van der Waals surface area contributed by atoms with E-state index in [0.29, 0.717) is 29.0 Å². The average molecular weight is 645 g/mol. The maximum atomic E-state index is 14.5. The molecule has 242 valence electrons. The molecule has 2 atom stereocenters. The van der Waals surface area contributed by atoms with Crippen LogP contribution in [0.2, 0.25) is 0 Å². The van der Waals surface area contributed by atoms with Crippen LogP contribution in [0.1, 0.15) is 29.2 Å². The Labute approximate surface area is 260 Å². The zero-order chi connectivity index (χ0) is 33.4. The van der Waals surface area contributed by atoms with Gasteiger partial charge in [-0.25, -0.2) is 13.6 Å². The van der Waals surface area contributed by atoms with Crippen molar-refractivity contribution in [3.05, 3.63) is 101 Å². The van der Waals surface area contributed by atoms with E-state index in [1.807, 2.05) is 0 Å². The van der Waals surface area contributed by atoms with Crippen molar-refractivity contribution in [1.29, 1.82) is 0 Å². The number of hydrogen-bond acceptors (Lipinski definition) is 5. The summed E-state index contributed by atoms with van der Waals surface area (Å²) in [6, 6.07) is 14.3. The summed E-state index contributed by atoms with van der Waals surface area (Å²) in [5.74, 6) is -5.05. The van der Waals surface area contributed by atoms with Crippen molar-refractivity contribution in [3.8, 4) is 0 Å². The number of urea groups is 1. The second kappa shape index (κ2) is 12.2. The zero-order valence-electron chi connectivity index (χ0n) is 24.7. The molecule has 1 spiro atoms. The summed E-state index contributed by atoms with van der Waals surface area (Å²) in [4.78, 5) is 53.3. The normalized spacial score (nSPS) is 18.7. The van der Waals surface area contributed by atoms with Gasteiger partial charge >= 0.3 is 12.2 Å². The third-order valence-corrected chi connectivity index (χ3v) is 8.28. The van der Waals surface area contributed by atoms with E-state index in [4.69, 9.17) is 4.74 Å². The van der Waals surface area contributed by atoms with Crippen LogP contribution in [0.4, 0.5) is 32.4 Å². The molecule has 1 heterocycles. The predicted molar refractivity (Wildman–Crippen MR) is 154 cm³/mol. The number of anilines is 1. The van der Waals surface area contributed by atoms with Crippen LogP contribution in [-0.4, -0.2) is 64.5 Å². The lowest BCUT2D eigenvalue weighted by molar-refractivity contribution is -0.269. The number of benzene rings is 3. The molecule has 2 N–H and O–H groups in total. The number of nitrogens with one attached hydrogen (secondary N) is 2. The van der Waals surface area contributed by atoms with Gasteiger partial charge in [0.1, 0.15) is 23.7 Å². The fraction of sp³-hybridized carbons (Fsp3) is 0.312. The maximum absolute atomic E-state index is 14.5. The molecule has 5 amide bonds. The molecule has 5 rings (SSSR count). The first-order valence-electron chi connectivity index (χ1n) is 14.1. The second-order valence-electron chi connectivity index (χ2n) is 11.5. The first kappa shape index (κ1) is 32.5. The fourth-order valence-electron chi connectivity index (χ4n) is 5.64. The van der Waals surface area contributed by atoms with E-state index in [-0.39, 0.29) is 24.1 Å². The second-order valence-corrected chi connectivity index (χ2v) is 11.5. The minimum Gasteiger partial charge on any atom is -0.352 e. The Kier molecular flexibility index (Phi) is 8.60. The lowest BCUT2D eigenvalue weighted by Crippen LogP contribution is -2.58. The van der Waals surface area contributed by atoms with Gasteiger partial charge in [-0.1, -0.05) is 36.4 Å². The lowest BCUT2D eigenvalue weighted by Gasteiger charge is -2.35. The number of fused-ring (bicyclic) bond motifs is 1. The van der Waals surface area contributed by atoms with Crippen LogP contribution in [0.3, 0.4) is 0 Å². The number of alkyl halides is 3. The number of nitrogens with zero attached hydrogens (tertiary/aromatic N) is 2. The van der Waals surface area contributed by atoms with Gasteiger partial charge in [0, 0.05) is 38.2 Å². The SMILES string of the molecule is CN1C(=O)NC(=O)[C@@]12Cc1ccc(NC(=O)CN(Cc3cc(F)cc(F)c3)C(=O)[C@](C)(OCc3ccccc3)C(F)(F)F)cc1C2. The van der Waals surface area contributed by atoms with Gasteiger partial charge < -0.3 is 19.9 Å². The Morgan fingerprint density at radius 2 is 1.61 bits per heavy atom. The third-order valence-electron chi connectivity index (χ3n) is 8.28. The molecule has 1 fully saturated rings. The molecule has 0 aromatic heterocycles. The summed E-state index contributed by atoms with van der Waals surface area (Å²) in [7, 11) is 1.50. The molecule has 0 bridgehead atoms. The van der Waals surface area contributed by atoms with Crippen LogP contribution in [0.25, 0.3) is 0 Å². The van der Waals surface area contributed by atoms with E-state index in [0.717, 1.165) is 17.7 Å². The fourth-order valence-corrected chi connectivity index (χ4v) is 5.64. The zero-order valence-corrected chi connectivity index (χ0v) is 24.7. The van der Waals surface area contributed by atoms with Crippen molar-refractivity contribution in [2.24, 2.45) is 0 Å². The minimum atomic E-state index is -5.24. The Morgan fingerprint density at radius 3 is 2.22 bits per heavy atom. The quantitative estimate of drug-likeness (QED) is 0.264. The lowest BCUT2D eigenvalue weighted by atomic mass is 9.95. The number of rotatable bonds is 9. The number of amides is 5.